The summed E-state index contributed by atoms with van der Waals surface area (Å²) in [4.78, 5) is 25.3. The van der Waals surface area contributed by atoms with Crippen molar-refractivity contribution in [3.63, 3.8) is 0 Å². The highest BCUT2D eigenvalue weighted by atomic mass is 16.3. The molecular weight excluding hydrogens is 206 g/mol. The lowest BCUT2D eigenvalue weighted by Crippen LogP contribution is -2.52. The maximum atomic E-state index is 11.9. The molecule has 0 spiro atoms. The van der Waals surface area contributed by atoms with Gasteiger partial charge in [0.25, 0.3) is 0 Å². The van der Waals surface area contributed by atoms with Crippen LogP contribution in [0.1, 0.15) is 52.4 Å². The number of amides is 2. The Morgan fingerprint density at radius 1 is 1.25 bits per heavy atom. The van der Waals surface area contributed by atoms with Crippen molar-refractivity contribution < 1.29 is 14.7 Å². The van der Waals surface area contributed by atoms with Crippen LogP contribution in [0.5, 0.6) is 0 Å². The van der Waals surface area contributed by atoms with E-state index in [-0.39, 0.29) is 18.4 Å². The molecule has 1 unspecified atom stereocenters. The summed E-state index contributed by atoms with van der Waals surface area (Å²) in [5, 5.41) is 9.06. The van der Waals surface area contributed by atoms with Crippen molar-refractivity contribution in [1.82, 2.24) is 4.90 Å². The van der Waals surface area contributed by atoms with Gasteiger partial charge in [0.1, 0.15) is 0 Å². The minimum atomic E-state index is -0.521. The highest BCUT2D eigenvalue weighted by Gasteiger charge is 2.38. The molecule has 1 aliphatic heterocycles. The van der Waals surface area contributed by atoms with Gasteiger partial charge >= 0.3 is 0 Å². The maximum absolute atomic E-state index is 11.9. The maximum Gasteiger partial charge on any atom is 0.229 e. The Morgan fingerprint density at radius 2 is 1.75 bits per heavy atom. The molecule has 0 aromatic heterocycles. The predicted octanol–water partition coefficient (Wildman–Crippen LogP) is 1.47. The van der Waals surface area contributed by atoms with Gasteiger partial charge in [-0.3, -0.25) is 14.5 Å². The molecule has 2 amide bonds. The van der Waals surface area contributed by atoms with Crippen molar-refractivity contribution in [2.75, 3.05) is 6.61 Å². The molecule has 16 heavy (non-hydrogen) atoms. The van der Waals surface area contributed by atoms with Gasteiger partial charge in [0.15, 0.2) is 0 Å². The van der Waals surface area contributed by atoms with E-state index in [4.69, 9.17) is 5.11 Å². The molecule has 0 bridgehead atoms. The Kier molecular flexibility index (Phi) is 4.47. The van der Waals surface area contributed by atoms with Crippen molar-refractivity contribution in [2.45, 2.75) is 57.9 Å². The summed E-state index contributed by atoms with van der Waals surface area (Å²) in [7, 11) is 0. The third-order valence-electron chi connectivity index (χ3n) is 3.48. The number of nitrogens with zero attached hydrogens (tertiary/aromatic N) is 1. The second-order valence-corrected chi connectivity index (χ2v) is 4.65. The molecule has 1 fully saturated rings. The number of hydrogen-bond donors (Lipinski definition) is 1. The number of rotatable bonds is 4. The van der Waals surface area contributed by atoms with Crippen LogP contribution < -0.4 is 0 Å². The molecule has 0 aliphatic carbocycles. The van der Waals surface area contributed by atoms with E-state index >= 15 is 0 Å². The zero-order valence-corrected chi connectivity index (χ0v) is 10.2. The molecular formula is C12H21NO3. The van der Waals surface area contributed by atoms with Gasteiger partial charge in [-0.05, 0) is 32.6 Å². The quantitative estimate of drug-likeness (QED) is 0.740. The minimum absolute atomic E-state index is 0.00139. The Morgan fingerprint density at radius 3 is 2.12 bits per heavy atom. The lowest BCUT2D eigenvalue weighted by atomic mass is 9.92. The fourth-order valence-corrected chi connectivity index (χ4v) is 2.20. The Labute approximate surface area is 96.6 Å². The average Bonchev–Trinajstić information content (AvgIpc) is 2.40. The number of likely N-dealkylation sites (tertiary alicyclic amines) is 1. The number of imide groups is 1. The molecule has 0 aromatic carbocycles. The van der Waals surface area contributed by atoms with Crippen molar-refractivity contribution >= 4 is 11.8 Å². The molecule has 1 atom stereocenters. The van der Waals surface area contributed by atoms with Crippen LogP contribution in [0.25, 0.3) is 0 Å². The van der Waals surface area contributed by atoms with Gasteiger partial charge in [-0.1, -0.05) is 6.92 Å². The molecule has 0 radical (unpaired) electrons. The molecule has 92 valence electrons. The highest BCUT2D eigenvalue weighted by Crippen LogP contribution is 2.28. The molecule has 0 aromatic rings. The van der Waals surface area contributed by atoms with Crippen molar-refractivity contribution in [2.24, 2.45) is 0 Å². The van der Waals surface area contributed by atoms with Crippen LogP contribution in [-0.2, 0) is 9.59 Å². The molecule has 4 heteroatoms. The highest BCUT2D eigenvalue weighted by molar-refractivity contribution is 5.96. The monoisotopic (exact) mass is 227 g/mol. The summed E-state index contributed by atoms with van der Waals surface area (Å²) in [5.41, 5.74) is -0.521. The van der Waals surface area contributed by atoms with E-state index in [1.165, 1.54) is 4.90 Å². The van der Waals surface area contributed by atoms with Gasteiger partial charge in [0, 0.05) is 25.0 Å². The average molecular weight is 227 g/mol. The minimum Gasteiger partial charge on any atom is -0.396 e. The molecule has 1 saturated heterocycles. The number of aliphatic hydroxyl groups excluding tert-OH is 1. The lowest BCUT2D eigenvalue weighted by Gasteiger charge is -2.38. The van der Waals surface area contributed by atoms with Crippen LogP contribution in [0, 0.1) is 0 Å². The summed E-state index contributed by atoms with van der Waals surface area (Å²) in [6.45, 7) is 3.83. The number of aliphatic hydroxyl groups is 1. The Hall–Kier alpha value is -0.900. The van der Waals surface area contributed by atoms with Crippen molar-refractivity contribution in [1.29, 1.82) is 0 Å². The summed E-state index contributed by atoms with van der Waals surface area (Å²) in [6.07, 6.45) is 3.63. The topological polar surface area (TPSA) is 57.6 Å². The van der Waals surface area contributed by atoms with Crippen molar-refractivity contribution in [3.05, 3.63) is 0 Å². The van der Waals surface area contributed by atoms with Crippen LogP contribution in [0.4, 0.5) is 0 Å². The molecule has 1 aliphatic rings. The normalized spacial score (nSPS) is 21.8. The first kappa shape index (κ1) is 13.2. The van der Waals surface area contributed by atoms with Crippen LogP contribution in [-0.4, -0.2) is 34.0 Å². The van der Waals surface area contributed by atoms with E-state index in [1.54, 1.807) is 0 Å². The van der Waals surface area contributed by atoms with Gasteiger partial charge < -0.3 is 5.11 Å². The Bertz CT molecular complexity index is 259. The summed E-state index contributed by atoms with van der Waals surface area (Å²) < 4.78 is 0. The third-order valence-corrected chi connectivity index (χ3v) is 3.48. The van der Waals surface area contributed by atoms with Crippen LogP contribution in [0.15, 0.2) is 0 Å². The van der Waals surface area contributed by atoms with E-state index in [9.17, 15) is 9.59 Å². The Balaban J connectivity index is 2.94. The van der Waals surface area contributed by atoms with E-state index in [2.05, 4.69) is 0 Å². The van der Waals surface area contributed by atoms with Gasteiger partial charge in [-0.25, -0.2) is 0 Å². The molecule has 4 nitrogen and oxygen atoms in total. The second kappa shape index (κ2) is 5.43. The largest absolute Gasteiger partial charge is 0.396 e. The fourth-order valence-electron chi connectivity index (χ4n) is 2.20. The van der Waals surface area contributed by atoms with Gasteiger partial charge in [0.2, 0.25) is 11.8 Å². The fraction of sp³-hybridized carbons (Fsp3) is 0.833. The standard InChI is InChI=1S/C12H21NO3/c1-3-12(2,8-9-14)13-10(15)6-4-5-7-11(13)16/h14H,3-9H2,1-2H3. The van der Waals surface area contributed by atoms with Gasteiger partial charge in [-0.15, -0.1) is 0 Å². The smallest absolute Gasteiger partial charge is 0.229 e. The molecule has 1 heterocycles. The third kappa shape index (κ3) is 2.61. The summed E-state index contributed by atoms with van der Waals surface area (Å²) in [5.74, 6) is -0.166. The lowest BCUT2D eigenvalue weighted by molar-refractivity contribution is -0.151. The molecule has 1 N–H and O–H groups in total. The van der Waals surface area contributed by atoms with Gasteiger partial charge in [-0.2, -0.15) is 0 Å². The summed E-state index contributed by atoms with van der Waals surface area (Å²) >= 11 is 0. The van der Waals surface area contributed by atoms with Gasteiger partial charge in [0.05, 0.1) is 0 Å². The van der Waals surface area contributed by atoms with E-state index in [0.717, 1.165) is 12.8 Å². The molecule has 0 saturated carbocycles. The van der Waals surface area contributed by atoms with E-state index < -0.39 is 5.54 Å². The first-order valence-corrected chi connectivity index (χ1v) is 6.02. The van der Waals surface area contributed by atoms with Crippen LogP contribution >= 0.6 is 0 Å². The van der Waals surface area contributed by atoms with Crippen molar-refractivity contribution in [3.8, 4) is 0 Å². The predicted molar refractivity (Wildman–Crippen MR) is 60.7 cm³/mol. The second-order valence-electron chi connectivity index (χ2n) is 4.65. The van der Waals surface area contributed by atoms with E-state index in [0.29, 0.717) is 25.7 Å². The summed E-state index contributed by atoms with van der Waals surface area (Å²) in [6, 6.07) is 0. The zero-order valence-electron chi connectivity index (χ0n) is 10.2. The number of hydrogen-bond acceptors (Lipinski definition) is 3. The number of carbonyl (C=O) groups is 2. The first-order chi connectivity index (χ1) is 7.55. The first-order valence-electron chi connectivity index (χ1n) is 6.02. The van der Waals surface area contributed by atoms with E-state index in [1.807, 2.05) is 13.8 Å². The molecule has 1 rings (SSSR count). The SMILES string of the molecule is CCC(C)(CCO)N1C(=O)CCCCC1=O. The van der Waals surface area contributed by atoms with Crippen LogP contribution in [0.3, 0.4) is 0 Å². The zero-order chi connectivity index (χ0) is 12.2. The number of carbonyl (C=O) groups excluding carboxylic acids is 2. The van der Waals surface area contributed by atoms with Crippen LogP contribution in [0.2, 0.25) is 0 Å².